The first-order valence-electron chi connectivity index (χ1n) is 4.90. The van der Waals surface area contributed by atoms with Gasteiger partial charge in [0.2, 0.25) is 0 Å². The van der Waals surface area contributed by atoms with E-state index < -0.39 is 0 Å². The maximum Gasteiger partial charge on any atom is 0.338 e. The van der Waals surface area contributed by atoms with Crippen LogP contribution in [0.15, 0.2) is 18.2 Å². The highest BCUT2D eigenvalue weighted by atomic mass is 16.5. The molecule has 1 rings (SSSR count). The molecule has 0 bridgehead atoms. The molecule has 0 amide bonds. The molecule has 1 aromatic rings. The van der Waals surface area contributed by atoms with Crippen molar-refractivity contribution in [3.63, 3.8) is 0 Å². The summed E-state index contributed by atoms with van der Waals surface area (Å²) in [6, 6.07) is 5.48. The first-order valence-corrected chi connectivity index (χ1v) is 4.90. The molecule has 0 radical (unpaired) electrons. The average molecular weight is 208 g/mol. The van der Waals surface area contributed by atoms with Gasteiger partial charge in [0.05, 0.1) is 18.8 Å². The normalized spacial score (nSPS) is 12.3. The van der Waals surface area contributed by atoms with E-state index in [4.69, 9.17) is 0 Å². The number of methoxy groups -OCH3 is 1. The summed E-state index contributed by atoms with van der Waals surface area (Å²) < 4.78 is 4.65. The maximum absolute atomic E-state index is 11.3. The smallest absolute Gasteiger partial charge is 0.338 e. The van der Waals surface area contributed by atoms with Crippen LogP contribution >= 0.6 is 0 Å². The molecule has 1 aromatic carbocycles. The van der Waals surface area contributed by atoms with Crippen LogP contribution in [0.1, 0.15) is 28.4 Å². The van der Waals surface area contributed by atoms with Crippen LogP contribution in [0, 0.1) is 6.92 Å². The molecule has 0 aromatic heterocycles. The zero-order valence-corrected chi connectivity index (χ0v) is 9.28. The predicted molar refractivity (Wildman–Crippen MR) is 57.9 cm³/mol. The molecule has 0 unspecified atom stereocenters. The molecule has 1 N–H and O–H groups in total. The van der Waals surface area contributed by atoms with Crippen molar-refractivity contribution in [3.05, 3.63) is 34.9 Å². The minimum Gasteiger partial charge on any atom is -0.465 e. The Balaban J connectivity index is 2.93. The summed E-state index contributed by atoms with van der Waals surface area (Å²) in [6.45, 7) is 3.60. The summed E-state index contributed by atoms with van der Waals surface area (Å²) in [5, 5.41) is 9.23. The number of carbonyl (C=O) groups excluding carboxylic acids is 1. The molecule has 0 aliphatic rings. The Morgan fingerprint density at radius 2 is 2.20 bits per heavy atom. The van der Waals surface area contributed by atoms with Crippen molar-refractivity contribution >= 4 is 5.97 Å². The standard InChI is InChI=1S/C12H16O3/c1-8-6-10(7-9(2)13)4-5-11(8)12(14)15-3/h4-6,9,13H,7H2,1-3H3/t9-/m0/s1. The Kier molecular flexibility index (Phi) is 3.86. The van der Waals surface area contributed by atoms with E-state index in [-0.39, 0.29) is 12.1 Å². The zero-order chi connectivity index (χ0) is 11.4. The Labute approximate surface area is 89.7 Å². The molecule has 0 heterocycles. The van der Waals surface area contributed by atoms with E-state index in [1.165, 1.54) is 7.11 Å². The van der Waals surface area contributed by atoms with Crippen molar-refractivity contribution in [2.75, 3.05) is 7.11 Å². The van der Waals surface area contributed by atoms with Gasteiger partial charge in [-0.15, -0.1) is 0 Å². The molecule has 82 valence electrons. The van der Waals surface area contributed by atoms with Crippen molar-refractivity contribution in [1.82, 2.24) is 0 Å². The molecule has 3 nitrogen and oxygen atoms in total. The van der Waals surface area contributed by atoms with Crippen LogP contribution in [-0.2, 0) is 11.2 Å². The van der Waals surface area contributed by atoms with Crippen LogP contribution in [-0.4, -0.2) is 24.3 Å². The van der Waals surface area contributed by atoms with E-state index in [9.17, 15) is 9.90 Å². The largest absolute Gasteiger partial charge is 0.465 e. The monoisotopic (exact) mass is 208 g/mol. The SMILES string of the molecule is COC(=O)c1ccc(C[C@H](C)O)cc1C. The molecular weight excluding hydrogens is 192 g/mol. The number of esters is 1. The number of aliphatic hydroxyl groups excluding tert-OH is 1. The fourth-order valence-corrected chi connectivity index (χ4v) is 1.53. The lowest BCUT2D eigenvalue weighted by Gasteiger charge is -2.08. The Morgan fingerprint density at radius 1 is 1.53 bits per heavy atom. The van der Waals surface area contributed by atoms with Crippen molar-refractivity contribution in [3.8, 4) is 0 Å². The molecule has 15 heavy (non-hydrogen) atoms. The summed E-state index contributed by atoms with van der Waals surface area (Å²) in [5.41, 5.74) is 2.47. The van der Waals surface area contributed by atoms with Gasteiger partial charge in [-0.3, -0.25) is 0 Å². The predicted octanol–water partition coefficient (Wildman–Crippen LogP) is 1.70. The summed E-state index contributed by atoms with van der Waals surface area (Å²) in [5.74, 6) is -0.323. The van der Waals surface area contributed by atoms with Gasteiger partial charge in [-0.25, -0.2) is 4.79 Å². The highest BCUT2D eigenvalue weighted by Gasteiger charge is 2.09. The zero-order valence-electron chi connectivity index (χ0n) is 9.28. The van der Waals surface area contributed by atoms with Gasteiger partial charge in [0.1, 0.15) is 0 Å². The molecule has 0 aliphatic carbocycles. The van der Waals surface area contributed by atoms with Crippen LogP contribution < -0.4 is 0 Å². The fourth-order valence-electron chi connectivity index (χ4n) is 1.53. The Morgan fingerprint density at radius 3 is 2.67 bits per heavy atom. The van der Waals surface area contributed by atoms with Gasteiger partial charge >= 0.3 is 5.97 Å². The van der Waals surface area contributed by atoms with E-state index >= 15 is 0 Å². The second-order valence-corrected chi connectivity index (χ2v) is 3.69. The van der Waals surface area contributed by atoms with Crippen LogP contribution in [0.5, 0.6) is 0 Å². The first kappa shape index (κ1) is 11.7. The number of carbonyl (C=O) groups is 1. The molecule has 0 saturated carbocycles. The number of rotatable bonds is 3. The quantitative estimate of drug-likeness (QED) is 0.769. The molecule has 0 spiro atoms. The number of ether oxygens (including phenoxy) is 1. The van der Waals surface area contributed by atoms with E-state index in [0.29, 0.717) is 12.0 Å². The summed E-state index contributed by atoms with van der Waals surface area (Å²) >= 11 is 0. The van der Waals surface area contributed by atoms with Gasteiger partial charge in [-0.1, -0.05) is 12.1 Å². The summed E-state index contributed by atoms with van der Waals surface area (Å²) in [6.07, 6.45) is 0.232. The summed E-state index contributed by atoms with van der Waals surface area (Å²) in [7, 11) is 1.37. The third-order valence-corrected chi connectivity index (χ3v) is 2.23. The average Bonchev–Trinajstić information content (AvgIpc) is 2.16. The fraction of sp³-hybridized carbons (Fsp3) is 0.417. The number of hydrogen-bond donors (Lipinski definition) is 1. The molecule has 0 saturated heterocycles. The molecule has 3 heteroatoms. The molecule has 0 fully saturated rings. The Hall–Kier alpha value is -1.35. The van der Waals surface area contributed by atoms with Crippen molar-refractivity contribution < 1.29 is 14.6 Å². The van der Waals surface area contributed by atoms with Gasteiger partial charge in [-0.05, 0) is 37.5 Å². The van der Waals surface area contributed by atoms with E-state index in [1.807, 2.05) is 19.1 Å². The molecular formula is C12H16O3. The number of aliphatic hydroxyl groups is 1. The lowest BCUT2D eigenvalue weighted by atomic mass is 10.0. The Bertz CT molecular complexity index is 356. The topological polar surface area (TPSA) is 46.5 Å². The third-order valence-electron chi connectivity index (χ3n) is 2.23. The lowest BCUT2D eigenvalue weighted by molar-refractivity contribution is 0.0600. The number of aryl methyl sites for hydroxylation is 1. The van der Waals surface area contributed by atoms with E-state index in [0.717, 1.165) is 11.1 Å². The van der Waals surface area contributed by atoms with Gasteiger partial charge < -0.3 is 9.84 Å². The minimum absolute atomic E-state index is 0.323. The molecule has 1 atom stereocenters. The minimum atomic E-state index is -0.367. The second-order valence-electron chi connectivity index (χ2n) is 3.69. The highest BCUT2D eigenvalue weighted by molar-refractivity contribution is 5.90. The van der Waals surface area contributed by atoms with Crippen LogP contribution in [0.2, 0.25) is 0 Å². The summed E-state index contributed by atoms with van der Waals surface area (Å²) in [4.78, 5) is 11.3. The van der Waals surface area contributed by atoms with Gasteiger partial charge in [-0.2, -0.15) is 0 Å². The van der Waals surface area contributed by atoms with Gasteiger partial charge in [0.25, 0.3) is 0 Å². The maximum atomic E-state index is 11.3. The number of hydrogen-bond acceptors (Lipinski definition) is 3. The second kappa shape index (κ2) is 4.94. The van der Waals surface area contributed by atoms with E-state index in [1.54, 1.807) is 13.0 Å². The van der Waals surface area contributed by atoms with E-state index in [2.05, 4.69) is 4.74 Å². The van der Waals surface area contributed by atoms with Crippen LogP contribution in [0.4, 0.5) is 0 Å². The van der Waals surface area contributed by atoms with Gasteiger partial charge in [0, 0.05) is 0 Å². The van der Waals surface area contributed by atoms with Crippen molar-refractivity contribution in [1.29, 1.82) is 0 Å². The highest BCUT2D eigenvalue weighted by Crippen LogP contribution is 2.13. The van der Waals surface area contributed by atoms with Crippen molar-refractivity contribution in [2.24, 2.45) is 0 Å². The molecule has 0 aliphatic heterocycles. The van der Waals surface area contributed by atoms with Crippen molar-refractivity contribution in [2.45, 2.75) is 26.4 Å². The van der Waals surface area contributed by atoms with Gasteiger partial charge in [0.15, 0.2) is 0 Å². The third kappa shape index (κ3) is 3.06. The number of benzene rings is 1. The lowest BCUT2D eigenvalue weighted by Crippen LogP contribution is -2.07. The van der Waals surface area contributed by atoms with Crippen LogP contribution in [0.3, 0.4) is 0 Å². The first-order chi connectivity index (χ1) is 7.04. The van der Waals surface area contributed by atoms with Crippen LogP contribution in [0.25, 0.3) is 0 Å².